The number of carboxylic acids is 1. The zero-order valence-electron chi connectivity index (χ0n) is 8.54. The second-order valence-electron chi connectivity index (χ2n) is 3.72. The SMILES string of the molecule is CC(C)(c1ncc(C(=O)O)cn1)C(F)(F)F. The van der Waals surface area contributed by atoms with Crippen LogP contribution < -0.4 is 0 Å². The highest BCUT2D eigenvalue weighted by Crippen LogP contribution is 2.38. The maximum atomic E-state index is 12.6. The van der Waals surface area contributed by atoms with Crippen LogP contribution in [0.15, 0.2) is 12.4 Å². The molecule has 0 spiro atoms. The number of hydrogen-bond acceptors (Lipinski definition) is 3. The van der Waals surface area contributed by atoms with E-state index in [0.29, 0.717) is 0 Å². The molecule has 1 aromatic rings. The van der Waals surface area contributed by atoms with Gasteiger partial charge in [0.15, 0.2) is 0 Å². The van der Waals surface area contributed by atoms with Gasteiger partial charge in [-0.3, -0.25) is 0 Å². The van der Waals surface area contributed by atoms with Gasteiger partial charge < -0.3 is 5.11 Å². The lowest BCUT2D eigenvalue weighted by molar-refractivity contribution is -0.182. The third-order valence-electron chi connectivity index (χ3n) is 2.17. The summed E-state index contributed by atoms with van der Waals surface area (Å²) >= 11 is 0. The molecule has 0 aliphatic carbocycles. The van der Waals surface area contributed by atoms with Crippen LogP contribution in [0.4, 0.5) is 13.2 Å². The van der Waals surface area contributed by atoms with Crippen molar-refractivity contribution >= 4 is 5.97 Å². The van der Waals surface area contributed by atoms with Gasteiger partial charge in [0, 0.05) is 12.4 Å². The standard InChI is InChI=1S/C9H9F3N2O2/c1-8(2,9(10,11)12)7-13-3-5(4-14-7)6(15)16/h3-4H,1-2H3,(H,15,16). The third-order valence-corrected chi connectivity index (χ3v) is 2.17. The Balaban J connectivity index is 3.11. The molecule has 0 atom stereocenters. The Bertz CT molecular complexity index is 398. The van der Waals surface area contributed by atoms with Gasteiger partial charge in [-0.15, -0.1) is 0 Å². The summed E-state index contributed by atoms with van der Waals surface area (Å²) in [6.45, 7) is 1.87. The lowest BCUT2D eigenvalue weighted by Gasteiger charge is -2.25. The molecule has 0 aliphatic rings. The van der Waals surface area contributed by atoms with Gasteiger partial charge in [-0.1, -0.05) is 0 Å². The summed E-state index contributed by atoms with van der Waals surface area (Å²) in [5.74, 6) is -1.73. The molecular formula is C9H9F3N2O2. The van der Waals surface area contributed by atoms with Gasteiger partial charge in [-0.25, -0.2) is 14.8 Å². The molecule has 4 nitrogen and oxygen atoms in total. The molecule has 0 aromatic carbocycles. The van der Waals surface area contributed by atoms with E-state index in [-0.39, 0.29) is 5.56 Å². The van der Waals surface area contributed by atoms with Gasteiger partial charge >= 0.3 is 12.1 Å². The Labute approximate surface area is 89.1 Å². The lowest BCUT2D eigenvalue weighted by atomic mass is 9.91. The highest BCUT2D eigenvalue weighted by Gasteiger charge is 2.50. The van der Waals surface area contributed by atoms with Crippen LogP contribution in [0.1, 0.15) is 30.0 Å². The Morgan fingerprint density at radius 3 is 2.00 bits per heavy atom. The fourth-order valence-electron chi connectivity index (χ4n) is 0.888. The van der Waals surface area contributed by atoms with E-state index in [1.54, 1.807) is 0 Å². The molecule has 0 unspecified atom stereocenters. The number of aromatic nitrogens is 2. The summed E-state index contributed by atoms with van der Waals surface area (Å²) in [5.41, 5.74) is -2.45. The van der Waals surface area contributed by atoms with E-state index in [1.807, 2.05) is 0 Å². The Morgan fingerprint density at radius 1 is 1.25 bits per heavy atom. The second kappa shape index (κ2) is 3.73. The van der Waals surface area contributed by atoms with Crippen molar-refractivity contribution in [1.29, 1.82) is 0 Å². The van der Waals surface area contributed by atoms with Crippen molar-refractivity contribution in [2.24, 2.45) is 0 Å². The second-order valence-corrected chi connectivity index (χ2v) is 3.72. The smallest absolute Gasteiger partial charge is 0.400 e. The molecule has 1 heterocycles. The van der Waals surface area contributed by atoms with Gasteiger partial charge in [-0.05, 0) is 13.8 Å². The number of carbonyl (C=O) groups is 1. The molecule has 0 radical (unpaired) electrons. The molecule has 1 rings (SSSR count). The fraction of sp³-hybridized carbons (Fsp3) is 0.444. The zero-order chi connectivity index (χ0) is 12.6. The number of aromatic carboxylic acids is 1. The summed E-state index contributed by atoms with van der Waals surface area (Å²) in [4.78, 5) is 17.3. The van der Waals surface area contributed by atoms with Crippen molar-refractivity contribution in [3.63, 3.8) is 0 Å². The number of carboxylic acid groups (broad SMARTS) is 1. The predicted octanol–water partition coefficient (Wildman–Crippen LogP) is 2.01. The maximum Gasteiger partial charge on any atom is 0.400 e. The molecule has 0 saturated carbocycles. The highest BCUT2D eigenvalue weighted by molar-refractivity contribution is 5.86. The van der Waals surface area contributed by atoms with Gasteiger partial charge in [0.25, 0.3) is 0 Å². The molecule has 0 saturated heterocycles. The van der Waals surface area contributed by atoms with E-state index in [9.17, 15) is 18.0 Å². The fourth-order valence-corrected chi connectivity index (χ4v) is 0.888. The topological polar surface area (TPSA) is 63.1 Å². The van der Waals surface area contributed by atoms with E-state index >= 15 is 0 Å². The molecule has 0 aliphatic heterocycles. The molecule has 0 amide bonds. The van der Waals surface area contributed by atoms with Crippen LogP contribution in [0.3, 0.4) is 0 Å². The number of nitrogens with zero attached hydrogens (tertiary/aromatic N) is 2. The number of rotatable bonds is 2. The van der Waals surface area contributed by atoms with Crippen LogP contribution >= 0.6 is 0 Å². The summed E-state index contributed by atoms with van der Waals surface area (Å²) in [6, 6.07) is 0. The quantitative estimate of drug-likeness (QED) is 0.850. The predicted molar refractivity (Wildman–Crippen MR) is 48.1 cm³/mol. The minimum atomic E-state index is -4.49. The first kappa shape index (κ1) is 12.4. The van der Waals surface area contributed by atoms with Crippen LogP contribution in [0.25, 0.3) is 0 Å². The van der Waals surface area contributed by atoms with Crippen LogP contribution in [0.2, 0.25) is 0 Å². The van der Waals surface area contributed by atoms with Crippen LogP contribution in [0, 0.1) is 0 Å². The first-order chi connectivity index (χ1) is 7.16. The third kappa shape index (κ3) is 2.12. The average Bonchev–Trinajstić information content (AvgIpc) is 2.16. The number of halogens is 3. The van der Waals surface area contributed by atoms with Crippen molar-refractivity contribution < 1.29 is 23.1 Å². The van der Waals surface area contributed by atoms with Crippen LogP contribution in [0.5, 0.6) is 0 Å². The highest BCUT2D eigenvalue weighted by atomic mass is 19.4. The minimum Gasteiger partial charge on any atom is -0.478 e. The van der Waals surface area contributed by atoms with Gasteiger partial charge in [0.1, 0.15) is 11.2 Å². The van der Waals surface area contributed by atoms with Gasteiger partial charge in [-0.2, -0.15) is 13.2 Å². The summed E-state index contributed by atoms with van der Waals surface area (Å²) in [5, 5.41) is 8.54. The maximum absolute atomic E-state index is 12.6. The lowest BCUT2D eigenvalue weighted by Crippen LogP contribution is -2.38. The van der Waals surface area contributed by atoms with Crippen LogP contribution in [-0.2, 0) is 5.41 Å². The first-order valence-corrected chi connectivity index (χ1v) is 4.29. The van der Waals surface area contributed by atoms with E-state index in [2.05, 4.69) is 9.97 Å². The molecule has 88 valence electrons. The van der Waals surface area contributed by atoms with Crippen molar-refractivity contribution in [3.05, 3.63) is 23.8 Å². The Morgan fingerprint density at radius 2 is 1.69 bits per heavy atom. The van der Waals surface area contributed by atoms with Crippen molar-refractivity contribution in [3.8, 4) is 0 Å². The molecule has 0 fully saturated rings. The van der Waals surface area contributed by atoms with Crippen molar-refractivity contribution in [2.75, 3.05) is 0 Å². The monoisotopic (exact) mass is 234 g/mol. The first-order valence-electron chi connectivity index (χ1n) is 4.29. The Kier molecular flexibility index (Phi) is 2.89. The van der Waals surface area contributed by atoms with Crippen molar-refractivity contribution in [1.82, 2.24) is 9.97 Å². The van der Waals surface area contributed by atoms with Crippen molar-refractivity contribution in [2.45, 2.75) is 25.4 Å². The van der Waals surface area contributed by atoms with Gasteiger partial charge in [0.2, 0.25) is 0 Å². The van der Waals surface area contributed by atoms with E-state index in [0.717, 1.165) is 26.2 Å². The van der Waals surface area contributed by atoms with E-state index in [4.69, 9.17) is 5.11 Å². The van der Waals surface area contributed by atoms with E-state index in [1.165, 1.54) is 0 Å². The number of hydrogen-bond donors (Lipinski definition) is 1. The molecule has 16 heavy (non-hydrogen) atoms. The van der Waals surface area contributed by atoms with E-state index < -0.39 is 23.4 Å². The molecular weight excluding hydrogens is 225 g/mol. The normalized spacial score (nSPS) is 12.6. The molecule has 0 bridgehead atoms. The zero-order valence-corrected chi connectivity index (χ0v) is 8.54. The summed E-state index contributed by atoms with van der Waals surface area (Å²) in [7, 11) is 0. The molecule has 7 heteroatoms. The van der Waals surface area contributed by atoms with Crippen LogP contribution in [-0.4, -0.2) is 27.2 Å². The largest absolute Gasteiger partial charge is 0.478 e. The molecule has 1 aromatic heterocycles. The molecule has 1 N–H and O–H groups in total. The minimum absolute atomic E-state index is 0.248. The average molecular weight is 234 g/mol. The summed E-state index contributed by atoms with van der Waals surface area (Å²) in [6.07, 6.45) is -2.77. The Hall–Kier alpha value is -1.66. The summed E-state index contributed by atoms with van der Waals surface area (Å²) < 4.78 is 37.7. The number of alkyl halides is 3. The van der Waals surface area contributed by atoms with Gasteiger partial charge in [0.05, 0.1) is 5.56 Å².